The number of carbonyl (C=O) groups is 1. The van der Waals surface area contributed by atoms with E-state index in [1.54, 1.807) is 18.3 Å². The first-order valence-corrected chi connectivity index (χ1v) is 4.62. The minimum atomic E-state index is -0.499. The van der Waals surface area contributed by atoms with Gasteiger partial charge in [0.1, 0.15) is 5.75 Å². The number of carbonyl (C=O) groups excluding carboxylic acids is 1. The average molecular weight is 205 g/mol. The van der Waals surface area contributed by atoms with Crippen LogP contribution in [0.25, 0.3) is 10.9 Å². The number of H-pyrrole nitrogens is 1. The molecule has 5 heteroatoms. The van der Waals surface area contributed by atoms with Crippen molar-refractivity contribution in [2.24, 2.45) is 5.73 Å². The Labute approximate surface area is 86.2 Å². The van der Waals surface area contributed by atoms with Crippen LogP contribution in [0.2, 0.25) is 0 Å². The van der Waals surface area contributed by atoms with E-state index < -0.39 is 5.91 Å². The van der Waals surface area contributed by atoms with Crippen LogP contribution in [0.5, 0.6) is 5.75 Å². The van der Waals surface area contributed by atoms with Crippen molar-refractivity contribution in [3.8, 4) is 5.75 Å². The topological polar surface area (TPSA) is 81.0 Å². The summed E-state index contributed by atoms with van der Waals surface area (Å²) in [5, 5.41) is 7.51. The van der Waals surface area contributed by atoms with Gasteiger partial charge in [-0.25, -0.2) is 0 Å². The molecule has 0 saturated carbocycles. The van der Waals surface area contributed by atoms with E-state index in [9.17, 15) is 4.79 Å². The van der Waals surface area contributed by atoms with Crippen LogP contribution in [0.1, 0.15) is 17.3 Å². The molecule has 1 aromatic carbocycles. The zero-order valence-electron chi connectivity index (χ0n) is 8.28. The molecule has 3 N–H and O–H groups in total. The number of nitrogens with one attached hydrogen (secondary N) is 1. The van der Waals surface area contributed by atoms with Crippen molar-refractivity contribution in [2.75, 3.05) is 6.61 Å². The molecule has 0 saturated heterocycles. The Balaban J connectivity index is 2.62. The lowest BCUT2D eigenvalue weighted by Crippen LogP contribution is -2.13. The molecule has 2 rings (SSSR count). The Morgan fingerprint density at radius 2 is 2.40 bits per heavy atom. The molecule has 0 radical (unpaired) electrons. The van der Waals surface area contributed by atoms with E-state index in [0.29, 0.717) is 17.9 Å². The normalized spacial score (nSPS) is 10.5. The van der Waals surface area contributed by atoms with Crippen molar-refractivity contribution in [1.82, 2.24) is 10.2 Å². The fraction of sp³-hybridized carbons (Fsp3) is 0.200. The number of hydrogen-bond donors (Lipinski definition) is 2. The first-order chi connectivity index (χ1) is 7.22. The second kappa shape index (κ2) is 3.61. The molecule has 78 valence electrons. The van der Waals surface area contributed by atoms with Gasteiger partial charge in [0.15, 0.2) is 0 Å². The number of nitrogens with two attached hydrogens (primary N) is 1. The van der Waals surface area contributed by atoms with E-state index in [1.165, 1.54) is 0 Å². The van der Waals surface area contributed by atoms with Gasteiger partial charge < -0.3 is 10.5 Å². The van der Waals surface area contributed by atoms with Crippen molar-refractivity contribution in [3.63, 3.8) is 0 Å². The molecule has 1 amide bonds. The van der Waals surface area contributed by atoms with Crippen molar-refractivity contribution < 1.29 is 9.53 Å². The van der Waals surface area contributed by atoms with E-state index in [4.69, 9.17) is 10.5 Å². The standard InChI is InChI=1S/C10H11N3O2/c1-2-15-9-4-8-6(5-12-13-8)3-7(9)10(11)14/h3-5H,2H2,1H3,(H2,11,14)(H,12,13). The van der Waals surface area contributed by atoms with E-state index in [0.717, 1.165) is 10.9 Å². The zero-order valence-corrected chi connectivity index (χ0v) is 8.28. The first kappa shape index (κ1) is 9.51. The molecule has 0 fully saturated rings. The number of aromatic amines is 1. The average Bonchev–Trinajstić information content (AvgIpc) is 2.63. The smallest absolute Gasteiger partial charge is 0.252 e. The number of benzene rings is 1. The van der Waals surface area contributed by atoms with E-state index in [1.807, 2.05) is 6.92 Å². The summed E-state index contributed by atoms with van der Waals surface area (Å²) < 4.78 is 5.33. The van der Waals surface area contributed by atoms with Gasteiger partial charge in [0.2, 0.25) is 0 Å². The summed E-state index contributed by atoms with van der Waals surface area (Å²) in [5.41, 5.74) is 6.46. The number of aromatic nitrogens is 2. The lowest BCUT2D eigenvalue weighted by Gasteiger charge is -2.07. The van der Waals surface area contributed by atoms with Gasteiger partial charge in [-0.15, -0.1) is 0 Å². The SMILES string of the molecule is CCOc1cc2[nH]ncc2cc1C(N)=O. The third-order valence-electron chi connectivity index (χ3n) is 2.11. The van der Waals surface area contributed by atoms with Gasteiger partial charge in [-0.3, -0.25) is 9.89 Å². The molecule has 5 nitrogen and oxygen atoms in total. The quantitative estimate of drug-likeness (QED) is 0.786. The molecule has 0 bridgehead atoms. The molecule has 2 aromatic rings. The molecule has 1 heterocycles. The van der Waals surface area contributed by atoms with Crippen LogP contribution in [0.3, 0.4) is 0 Å². The summed E-state index contributed by atoms with van der Waals surface area (Å²) in [7, 11) is 0. The molecule has 0 spiro atoms. The predicted octanol–water partition coefficient (Wildman–Crippen LogP) is 1.06. The predicted molar refractivity (Wildman–Crippen MR) is 55.8 cm³/mol. The summed E-state index contributed by atoms with van der Waals surface area (Å²) in [6, 6.07) is 3.40. The fourth-order valence-corrected chi connectivity index (χ4v) is 1.44. The second-order valence-electron chi connectivity index (χ2n) is 3.10. The Kier molecular flexibility index (Phi) is 2.29. The number of primary amides is 1. The third kappa shape index (κ3) is 1.63. The van der Waals surface area contributed by atoms with Crippen molar-refractivity contribution in [2.45, 2.75) is 6.92 Å². The molecule has 15 heavy (non-hydrogen) atoms. The molecule has 0 aliphatic heterocycles. The molecular formula is C10H11N3O2. The maximum Gasteiger partial charge on any atom is 0.252 e. The monoisotopic (exact) mass is 205 g/mol. The molecule has 0 unspecified atom stereocenters. The zero-order chi connectivity index (χ0) is 10.8. The molecule has 1 aromatic heterocycles. The van der Waals surface area contributed by atoms with Gasteiger partial charge in [-0.1, -0.05) is 0 Å². The number of hydrogen-bond acceptors (Lipinski definition) is 3. The third-order valence-corrected chi connectivity index (χ3v) is 2.11. The van der Waals surface area contributed by atoms with Crippen LogP contribution in [0.4, 0.5) is 0 Å². The lowest BCUT2D eigenvalue weighted by molar-refractivity contribution is 0.0997. The van der Waals surface area contributed by atoms with Gasteiger partial charge in [-0.05, 0) is 13.0 Å². The van der Waals surface area contributed by atoms with E-state index >= 15 is 0 Å². The number of fused-ring (bicyclic) bond motifs is 1. The highest BCUT2D eigenvalue weighted by atomic mass is 16.5. The summed E-state index contributed by atoms with van der Waals surface area (Å²) in [6.07, 6.45) is 1.64. The summed E-state index contributed by atoms with van der Waals surface area (Å²) >= 11 is 0. The Morgan fingerprint density at radius 1 is 1.60 bits per heavy atom. The number of ether oxygens (including phenoxy) is 1. The molecular weight excluding hydrogens is 194 g/mol. The fourth-order valence-electron chi connectivity index (χ4n) is 1.44. The second-order valence-corrected chi connectivity index (χ2v) is 3.10. The highest BCUT2D eigenvalue weighted by Crippen LogP contribution is 2.24. The first-order valence-electron chi connectivity index (χ1n) is 4.62. The van der Waals surface area contributed by atoms with Gasteiger partial charge in [0.05, 0.1) is 23.9 Å². The van der Waals surface area contributed by atoms with E-state index in [-0.39, 0.29) is 0 Å². The maximum absolute atomic E-state index is 11.2. The maximum atomic E-state index is 11.2. The molecule has 0 atom stereocenters. The highest BCUT2D eigenvalue weighted by molar-refractivity contribution is 5.99. The van der Waals surface area contributed by atoms with Crippen LogP contribution in [0, 0.1) is 0 Å². The van der Waals surface area contributed by atoms with Gasteiger partial charge >= 0.3 is 0 Å². The summed E-state index contributed by atoms with van der Waals surface area (Å²) in [6.45, 7) is 2.34. The van der Waals surface area contributed by atoms with Crippen LogP contribution in [0.15, 0.2) is 18.3 Å². The Morgan fingerprint density at radius 3 is 3.07 bits per heavy atom. The number of amides is 1. The molecule has 0 aliphatic rings. The van der Waals surface area contributed by atoms with Gasteiger partial charge in [-0.2, -0.15) is 5.10 Å². The van der Waals surface area contributed by atoms with Crippen molar-refractivity contribution in [1.29, 1.82) is 0 Å². The molecule has 0 aliphatic carbocycles. The summed E-state index contributed by atoms with van der Waals surface area (Å²) in [5.74, 6) is -0.0108. The van der Waals surface area contributed by atoms with Gasteiger partial charge in [0, 0.05) is 11.5 Å². The van der Waals surface area contributed by atoms with Crippen LogP contribution in [-0.2, 0) is 0 Å². The minimum absolute atomic E-state index is 0.380. The van der Waals surface area contributed by atoms with Crippen molar-refractivity contribution in [3.05, 3.63) is 23.9 Å². The number of nitrogens with zero attached hydrogens (tertiary/aromatic N) is 1. The van der Waals surface area contributed by atoms with Crippen molar-refractivity contribution >= 4 is 16.8 Å². The highest BCUT2D eigenvalue weighted by Gasteiger charge is 2.11. The minimum Gasteiger partial charge on any atom is -0.493 e. The van der Waals surface area contributed by atoms with E-state index in [2.05, 4.69) is 10.2 Å². The van der Waals surface area contributed by atoms with Crippen LogP contribution >= 0.6 is 0 Å². The van der Waals surface area contributed by atoms with Crippen LogP contribution < -0.4 is 10.5 Å². The lowest BCUT2D eigenvalue weighted by atomic mass is 10.1. The van der Waals surface area contributed by atoms with Gasteiger partial charge in [0.25, 0.3) is 5.91 Å². The largest absolute Gasteiger partial charge is 0.493 e. The summed E-state index contributed by atoms with van der Waals surface area (Å²) in [4.78, 5) is 11.2. The Bertz CT molecular complexity index is 504. The van der Waals surface area contributed by atoms with Crippen LogP contribution in [-0.4, -0.2) is 22.7 Å². The number of rotatable bonds is 3. The Hall–Kier alpha value is -2.04.